The van der Waals surface area contributed by atoms with Crippen LogP contribution in [0.15, 0.2) is 72.8 Å². The largest absolute Gasteiger partial charge is 0.478 e. The van der Waals surface area contributed by atoms with Crippen LogP contribution in [0, 0.1) is 6.92 Å². The van der Waals surface area contributed by atoms with E-state index >= 15 is 0 Å². The topological polar surface area (TPSA) is 77.2 Å². The number of hydrogen-bond acceptors (Lipinski definition) is 4. The van der Waals surface area contributed by atoms with Gasteiger partial charge >= 0.3 is 5.97 Å². The molecule has 0 amide bonds. The molecule has 1 unspecified atom stereocenters. The Morgan fingerprint density at radius 3 is 2.18 bits per heavy atom. The number of carbonyl (C=O) groups is 1. The van der Waals surface area contributed by atoms with Crippen molar-refractivity contribution in [3.05, 3.63) is 83.9 Å². The van der Waals surface area contributed by atoms with Gasteiger partial charge in [-0.05, 0) is 43.7 Å². The number of hydrogen-bond donors (Lipinski definition) is 1. The molecule has 0 aliphatic heterocycles. The van der Waals surface area contributed by atoms with Gasteiger partial charge in [0.1, 0.15) is 22.5 Å². The van der Waals surface area contributed by atoms with Crippen LogP contribution in [0.25, 0.3) is 16.7 Å². The van der Waals surface area contributed by atoms with Crippen molar-refractivity contribution in [1.82, 2.24) is 15.0 Å². The number of carboxylic acids is 1. The number of carboxylic acid groups (broad SMARTS) is 1. The van der Waals surface area contributed by atoms with Gasteiger partial charge < -0.3 is 9.84 Å². The lowest BCUT2D eigenvalue weighted by molar-refractivity contribution is -0.154. The summed E-state index contributed by atoms with van der Waals surface area (Å²) in [6, 6.07) is 21.9. The fraction of sp³-hybridized carbons (Fsp3) is 0.136. The molecule has 0 spiro atoms. The van der Waals surface area contributed by atoms with E-state index in [1.807, 2.05) is 49.4 Å². The number of aromatic nitrogens is 3. The molecule has 28 heavy (non-hydrogen) atoms. The molecule has 0 saturated heterocycles. The molecule has 0 radical (unpaired) electrons. The first kappa shape index (κ1) is 17.7. The maximum atomic E-state index is 12.1. The fourth-order valence-electron chi connectivity index (χ4n) is 3.04. The average Bonchev–Trinajstić information content (AvgIpc) is 3.14. The van der Waals surface area contributed by atoms with E-state index in [1.165, 1.54) is 4.80 Å². The molecule has 1 heterocycles. The second-order valence-corrected chi connectivity index (χ2v) is 6.76. The van der Waals surface area contributed by atoms with Gasteiger partial charge in [0.2, 0.25) is 5.60 Å². The van der Waals surface area contributed by atoms with Crippen LogP contribution in [0.4, 0.5) is 0 Å². The molecular weight excluding hydrogens is 354 g/mol. The summed E-state index contributed by atoms with van der Waals surface area (Å²) in [7, 11) is 0. The molecule has 6 heteroatoms. The van der Waals surface area contributed by atoms with Crippen LogP contribution in [0.2, 0.25) is 0 Å². The molecule has 3 aromatic carbocycles. The summed E-state index contributed by atoms with van der Waals surface area (Å²) < 4.78 is 6.09. The van der Waals surface area contributed by atoms with Crippen LogP contribution in [0.1, 0.15) is 18.1 Å². The average molecular weight is 373 g/mol. The highest BCUT2D eigenvalue weighted by atomic mass is 16.5. The Balaban J connectivity index is 1.83. The number of nitrogens with zero attached hydrogens (tertiary/aromatic N) is 3. The minimum absolute atomic E-state index is 0.389. The van der Waals surface area contributed by atoms with E-state index in [0.29, 0.717) is 17.0 Å². The van der Waals surface area contributed by atoms with Crippen molar-refractivity contribution in [2.45, 2.75) is 19.4 Å². The number of ether oxygens (including phenoxy) is 1. The zero-order chi connectivity index (χ0) is 19.7. The van der Waals surface area contributed by atoms with Gasteiger partial charge in [0.05, 0.1) is 0 Å². The summed E-state index contributed by atoms with van der Waals surface area (Å²) in [5.74, 6) is -0.691. The quantitative estimate of drug-likeness (QED) is 0.570. The van der Waals surface area contributed by atoms with Gasteiger partial charge in [0, 0.05) is 5.56 Å². The van der Waals surface area contributed by atoms with Gasteiger partial charge in [0.15, 0.2) is 0 Å². The van der Waals surface area contributed by atoms with E-state index in [1.54, 1.807) is 37.3 Å². The maximum absolute atomic E-state index is 12.1. The number of benzene rings is 3. The lowest BCUT2D eigenvalue weighted by atomic mass is 9.96. The van der Waals surface area contributed by atoms with E-state index in [-0.39, 0.29) is 0 Å². The van der Waals surface area contributed by atoms with Crippen molar-refractivity contribution < 1.29 is 14.6 Å². The SMILES string of the molecule is Cc1ccc(OC(C)(C(=O)O)c2ccccc2)c(-n2nc3ccccc3n2)c1. The Morgan fingerprint density at radius 1 is 0.964 bits per heavy atom. The zero-order valence-corrected chi connectivity index (χ0v) is 15.5. The highest BCUT2D eigenvalue weighted by Crippen LogP contribution is 2.33. The molecule has 4 rings (SSSR count). The molecule has 1 N–H and O–H groups in total. The molecule has 0 bridgehead atoms. The van der Waals surface area contributed by atoms with Crippen molar-refractivity contribution in [2.75, 3.05) is 0 Å². The summed E-state index contributed by atoms with van der Waals surface area (Å²) in [5, 5.41) is 18.9. The van der Waals surface area contributed by atoms with Crippen LogP contribution >= 0.6 is 0 Å². The zero-order valence-electron chi connectivity index (χ0n) is 15.5. The molecule has 6 nitrogen and oxygen atoms in total. The second kappa shape index (κ2) is 6.81. The van der Waals surface area contributed by atoms with Gasteiger partial charge in [-0.25, -0.2) is 4.79 Å². The first-order chi connectivity index (χ1) is 13.5. The number of rotatable bonds is 5. The van der Waals surface area contributed by atoms with Gasteiger partial charge in [-0.2, -0.15) is 0 Å². The van der Waals surface area contributed by atoms with E-state index in [9.17, 15) is 9.90 Å². The fourth-order valence-corrected chi connectivity index (χ4v) is 3.04. The number of aryl methyl sites for hydroxylation is 1. The Bertz CT molecular complexity index is 1120. The van der Waals surface area contributed by atoms with Crippen molar-refractivity contribution >= 4 is 17.0 Å². The molecule has 0 fully saturated rings. The van der Waals surface area contributed by atoms with Gasteiger partial charge in [-0.3, -0.25) is 0 Å². The van der Waals surface area contributed by atoms with Crippen molar-refractivity contribution in [1.29, 1.82) is 0 Å². The highest BCUT2D eigenvalue weighted by Gasteiger charge is 2.38. The summed E-state index contributed by atoms with van der Waals surface area (Å²) in [5.41, 5.74) is 2.06. The molecule has 0 aliphatic carbocycles. The normalized spacial score (nSPS) is 13.2. The number of aliphatic carboxylic acids is 1. The van der Waals surface area contributed by atoms with Crippen LogP contribution in [-0.2, 0) is 10.4 Å². The molecule has 0 aliphatic rings. The predicted octanol–water partition coefficient (Wildman–Crippen LogP) is 4.11. The van der Waals surface area contributed by atoms with Crippen LogP contribution in [0.3, 0.4) is 0 Å². The third kappa shape index (κ3) is 3.09. The smallest absolute Gasteiger partial charge is 0.352 e. The molecule has 1 atom stereocenters. The van der Waals surface area contributed by atoms with Gasteiger partial charge in [0.25, 0.3) is 0 Å². The van der Waals surface area contributed by atoms with Crippen molar-refractivity contribution in [2.24, 2.45) is 0 Å². The second-order valence-electron chi connectivity index (χ2n) is 6.76. The summed E-state index contributed by atoms with van der Waals surface area (Å²) in [4.78, 5) is 13.6. The number of fused-ring (bicyclic) bond motifs is 1. The Morgan fingerprint density at radius 2 is 1.57 bits per heavy atom. The van der Waals surface area contributed by atoms with E-state index < -0.39 is 11.6 Å². The highest BCUT2D eigenvalue weighted by molar-refractivity contribution is 5.80. The first-order valence-electron chi connectivity index (χ1n) is 8.88. The molecule has 0 saturated carbocycles. The predicted molar refractivity (Wildman–Crippen MR) is 106 cm³/mol. The minimum atomic E-state index is -1.56. The lowest BCUT2D eigenvalue weighted by Gasteiger charge is -2.27. The van der Waals surface area contributed by atoms with Crippen LogP contribution in [-0.4, -0.2) is 26.1 Å². The molecule has 4 aromatic rings. The summed E-state index contributed by atoms with van der Waals surface area (Å²) >= 11 is 0. The minimum Gasteiger partial charge on any atom is -0.478 e. The van der Waals surface area contributed by atoms with E-state index in [0.717, 1.165) is 16.6 Å². The Labute approximate surface area is 162 Å². The maximum Gasteiger partial charge on any atom is 0.352 e. The molecule has 1 aromatic heterocycles. The van der Waals surface area contributed by atoms with E-state index in [2.05, 4.69) is 10.2 Å². The van der Waals surface area contributed by atoms with Gasteiger partial charge in [-0.15, -0.1) is 15.0 Å². The monoisotopic (exact) mass is 373 g/mol. The Hall–Kier alpha value is -3.67. The van der Waals surface area contributed by atoms with Crippen LogP contribution in [0.5, 0.6) is 5.75 Å². The summed E-state index contributed by atoms with van der Waals surface area (Å²) in [6.07, 6.45) is 0. The Kier molecular flexibility index (Phi) is 4.31. The summed E-state index contributed by atoms with van der Waals surface area (Å²) in [6.45, 7) is 3.49. The first-order valence-corrected chi connectivity index (χ1v) is 8.88. The third-order valence-electron chi connectivity index (χ3n) is 4.66. The third-order valence-corrected chi connectivity index (χ3v) is 4.66. The lowest BCUT2D eigenvalue weighted by Crippen LogP contribution is -2.38. The standard InChI is InChI=1S/C22H19N3O3/c1-15-12-13-20(28-22(2,21(26)27)16-8-4-3-5-9-16)19(14-15)25-23-17-10-6-7-11-18(17)24-25/h3-14H,1-2H3,(H,26,27). The van der Waals surface area contributed by atoms with Gasteiger partial charge in [-0.1, -0.05) is 48.5 Å². The van der Waals surface area contributed by atoms with Crippen molar-refractivity contribution in [3.8, 4) is 11.4 Å². The van der Waals surface area contributed by atoms with Crippen LogP contribution < -0.4 is 4.74 Å². The van der Waals surface area contributed by atoms with E-state index in [4.69, 9.17) is 4.74 Å². The molecular formula is C22H19N3O3. The van der Waals surface area contributed by atoms with Crippen molar-refractivity contribution in [3.63, 3.8) is 0 Å². The molecule has 140 valence electrons.